The fourth-order valence-electron chi connectivity index (χ4n) is 7.00. The van der Waals surface area contributed by atoms with Crippen LogP contribution in [0.3, 0.4) is 0 Å². The highest BCUT2D eigenvalue weighted by Crippen LogP contribution is 2.16. The van der Waals surface area contributed by atoms with Gasteiger partial charge >= 0.3 is 35.8 Å². The molecule has 0 aromatic heterocycles. The van der Waals surface area contributed by atoms with Crippen molar-refractivity contribution in [3.05, 3.63) is 0 Å². The van der Waals surface area contributed by atoms with Gasteiger partial charge in [-0.2, -0.15) is 0 Å². The minimum atomic E-state index is -0.978. The third-order valence-electron chi connectivity index (χ3n) is 11.1. The maximum atomic E-state index is 13.4. The minimum Gasteiger partial charge on any atom is -0.462 e. The van der Waals surface area contributed by atoms with Crippen LogP contribution in [0.15, 0.2) is 0 Å². The molecule has 0 N–H and O–H groups in total. The molecule has 0 aliphatic heterocycles. The summed E-state index contributed by atoms with van der Waals surface area (Å²) in [6, 6.07) is 0. The van der Waals surface area contributed by atoms with Gasteiger partial charge in [-0.25, -0.2) is 0 Å². The summed E-state index contributed by atoms with van der Waals surface area (Å²) in [5.74, 6) is -2.20. The zero-order chi connectivity index (χ0) is 50.5. The van der Waals surface area contributed by atoms with Crippen molar-refractivity contribution >= 4 is 52.8 Å². The van der Waals surface area contributed by atoms with Crippen molar-refractivity contribution in [2.75, 3.05) is 65.9 Å². The third kappa shape index (κ3) is 41.6. The monoisotopic (exact) mass is 987 g/mol. The Hall–Kier alpha value is -3.40. The summed E-state index contributed by atoms with van der Waals surface area (Å²) >= 11 is 1.17. The lowest BCUT2D eigenvalue weighted by Crippen LogP contribution is -2.33. The first kappa shape index (κ1) is 64.6. The van der Waals surface area contributed by atoms with E-state index >= 15 is 0 Å². The van der Waals surface area contributed by atoms with E-state index in [-0.39, 0.29) is 96.1 Å². The van der Waals surface area contributed by atoms with E-state index in [0.717, 1.165) is 116 Å². The van der Waals surface area contributed by atoms with E-state index in [1.165, 1.54) is 11.8 Å². The summed E-state index contributed by atoms with van der Waals surface area (Å²) < 4.78 is 33.1. The minimum absolute atomic E-state index is 0.0546. The van der Waals surface area contributed by atoms with Gasteiger partial charge in [0.2, 0.25) is 0 Å². The molecular formula is C52H94N2O13S. The van der Waals surface area contributed by atoms with Crippen LogP contribution < -0.4 is 0 Å². The third-order valence-corrected chi connectivity index (χ3v) is 12.1. The van der Waals surface area contributed by atoms with Gasteiger partial charge in [0.15, 0.2) is 12.2 Å². The van der Waals surface area contributed by atoms with Crippen LogP contribution >= 0.6 is 11.8 Å². The van der Waals surface area contributed by atoms with E-state index in [1.54, 1.807) is 4.90 Å². The number of carbonyl (C=O) groups excluding carboxylic acids is 7. The molecule has 0 saturated carbocycles. The van der Waals surface area contributed by atoms with Crippen molar-refractivity contribution in [3.8, 4) is 0 Å². The van der Waals surface area contributed by atoms with Crippen molar-refractivity contribution in [2.45, 2.75) is 226 Å². The van der Waals surface area contributed by atoms with Crippen molar-refractivity contribution in [1.29, 1.82) is 0 Å². The van der Waals surface area contributed by atoms with Crippen molar-refractivity contribution in [3.63, 3.8) is 0 Å². The Morgan fingerprint density at radius 1 is 0.368 bits per heavy atom. The summed E-state index contributed by atoms with van der Waals surface area (Å²) in [6.07, 6.45) is 19.7. The van der Waals surface area contributed by atoms with Gasteiger partial charge in [0, 0.05) is 57.4 Å². The number of ether oxygens (including phenoxy) is 6. The number of amides is 1. The zero-order valence-corrected chi connectivity index (χ0v) is 44.2. The molecule has 15 nitrogen and oxygen atoms in total. The quantitative estimate of drug-likeness (QED) is 0.0319. The van der Waals surface area contributed by atoms with Crippen LogP contribution in [-0.4, -0.2) is 129 Å². The van der Waals surface area contributed by atoms with Gasteiger partial charge in [-0.3, -0.25) is 33.6 Å². The lowest BCUT2D eigenvalue weighted by atomic mass is 10.1. The first-order chi connectivity index (χ1) is 32.8. The number of nitrogens with zero attached hydrogens (tertiary/aromatic N) is 2. The highest BCUT2D eigenvalue weighted by molar-refractivity contribution is 8.13. The van der Waals surface area contributed by atoms with Gasteiger partial charge in [0.05, 0.1) is 0 Å². The molecule has 0 saturated heterocycles. The predicted molar refractivity (Wildman–Crippen MR) is 268 cm³/mol. The number of hydrogen-bond donors (Lipinski definition) is 0. The Kier molecular flexibility index (Phi) is 43.7. The zero-order valence-electron chi connectivity index (χ0n) is 43.4. The molecule has 396 valence electrons. The molecular weight excluding hydrogens is 893 g/mol. The molecule has 0 bridgehead atoms. The average molecular weight is 987 g/mol. The van der Waals surface area contributed by atoms with Crippen molar-refractivity contribution < 1.29 is 62.0 Å². The molecule has 0 aliphatic carbocycles. The van der Waals surface area contributed by atoms with Crippen LogP contribution in [0.5, 0.6) is 0 Å². The Labute approximate surface area is 415 Å². The number of hydrogen-bond acceptors (Lipinski definition) is 15. The van der Waals surface area contributed by atoms with Crippen LogP contribution in [0.2, 0.25) is 0 Å². The van der Waals surface area contributed by atoms with E-state index < -0.39 is 48.0 Å². The van der Waals surface area contributed by atoms with E-state index in [4.69, 9.17) is 28.4 Å². The number of unbranched alkanes of at least 4 members (excludes halogenated alkanes) is 16. The van der Waals surface area contributed by atoms with Gasteiger partial charge in [-0.05, 0) is 65.6 Å². The second-order valence-electron chi connectivity index (χ2n) is 18.1. The fourth-order valence-corrected chi connectivity index (χ4v) is 7.81. The predicted octanol–water partition coefficient (Wildman–Crippen LogP) is 11.1. The molecule has 0 heterocycles. The number of thioether (sulfide) groups is 1. The Bertz CT molecular complexity index is 1190. The largest absolute Gasteiger partial charge is 0.462 e. The van der Waals surface area contributed by atoms with E-state index in [0.29, 0.717) is 31.4 Å². The van der Waals surface area contributed by atoms with Gasteiger partial charge in [-0.15, -0.1) is 0 Å². The van der Waals surface area contributed by atoms with Gasteiger partial charge < -0.3 is 38.2 Å². The van der Waals surface area contributed by atoms with Crippen LogP contribution in [0.4, 0.5) is 4.79 Å². The molecule has 1 amide bonds. The highest BCUT2D eigenvalue weighted by atomic mass is 32.2. The van der Waals surface area contributed by atoms with Crippen LogP contribution in [0, 0.1) is 0 Å². The maximum absolute atomic E-state index is 13.4. The maximum Gasteiger partial charge on any atom is 0.306 e. The SMILES string of the molecule is CCCCCCCC(=O)OCC(COC(=O)CCCCCCC)OC(=O)CCCN(CCCC(=O)OC(COC(=O)CCCCCCC)COC(=O)CCCCCCC)C(=O)SCCCN(C)C. The molecule has 0 spiro atoms. The summed E-state index contributed by atoms with van der Waals surface area (Å²) in [6.45, 7) is 8.77. The first-order valence-electron chi connectivity index (χ1n) is 26.4. The Morgan fingerprint density at radius 2 is 0.662 bits per heavy atom. The fraction of sp³-hybridized carbons (Fsp3) is 0.865. The Balaban J connectivity index is 5.53. The summed E-state index contributed by atoms with van der Waals surface area (Å²) in [7, 11) is 3.93. The molecule has 0 atom stereocenters. The molecule has 68 heavy (non-hydrogen) atoms. The average Bonchev–Trinajstić information content (AvgIpc) is 3.31. The first-order valence-corrected chi connectivity index (χ1v) is 27.4. The molecule has 0 aromatic carbocycles. The lowest BCUT2D eigenvalue weighted by molar-refractivity contribution is -0.167. The smallest absolute Gasteiger partial charge is 0.306 e. The van der Waals surface area contributed by atoms with E-state index in [1.807, 2.05) is 19.0 Å². The number of rotatable bonds is 46. The summed E-state index contributed by atoms with van der Waals surface area (Å²) in [5.41, 5.74) is 0. The second kappa shape index (κ2) is 46.0. The molecule has 0 fully saturated rings. The molecule has 0 unspecified atom stereocenters. The Morgan fingerprint density at radius 3 is 0.956 bits per heavy atom. The normalized spacial score (nSPS) is 11.2. The molecule has 0 radical (unpaired) electrons. The second-order valence-corrected chi connectivity index (χ2v) is 19.1. The summed E-state index contributed by atoms with van der Waals surface area (Å²) in [5, 5.41) is -0.187. The van der Waals surface area contributed by atoms with Crippen molar-refractivity contribution in [1.82, 2.24) is 9.80 Å². The van der Waals surface area contributed by atoms with E-state index in [2.05, 4.69) is 27.7 Å². The standard InChI is InChI=1S/C52H94N2O13S/c1-7-11-15-19-23-30-46(55)62-40-44(41-63-47(56)31-24-20-16-12-8-2)66-50(59)34-27-37-54(52(61)68-39-29-36-53(5)6)38-28-35-51(60)67-45(42-64-48(57)32-25-21-17-13-9-3)43-65-49(58)33-26-22-18-14-10-4/h44-45H,7-43H2,1-6H3. The summed E-state index contributed by atoms with van der Waals surface area (Å²) in [4.78, 5) is 93.4. The highest BCUT2D eigenvalue weighted by Gasteiger charge is 2.23. The van der Waals surface area contributed by atoms with Crippen molar-refractivity contribution in [2.24, 2.45) is 0 Å². The van der Waals surface area contributed by atoms with E-state index in [9.17, 15) is 33.6 Å². The van der Waals surface area contributed by atoms with Gasteiger partial charge in [0.25, 0.3) is 5.24 Å². The van der Waals surface area contributed by atoms with Crippen LogP contribution in [0.1, 0.15) is 214 Å². The lowest BCUT2D eigenvalue weighted by Gasteiger charge is -2.23. The van der Waals surface area contributed by atoms with Gasteiger partial charge in [0.1, 0.15) is 26.4 Å². The molecule has 0 aromatic rings. The molecule has 0 rings (SSSR count). The molecule has 0 aliphatic rings. The van der Waals surface area contributed by atoms with Crippen LogP contribution in [-0.2, 0) is 57.2 Å². The van der Waals surface area contributed by atoms with Gasteiger partial charge in [-0.1, -0.05) is 142 Å². The molecule has 16 heteroatoms. The van der Waals surface area contributed by atoms with Crippen LogP contribution in [0.25, 0.3) is 0 Å². The number of carbonyl (C=O) groups is 7. The number of esters is 6. The topological polar surface area (TPSA) is 181 Å².